The highest BCUT2D eigenvalue weighted by Crippen LogP contribution is 2.48. The third-order valence-electron chi connectivity index (χ3n) is 2.89. The summed E-state index contributed by atoms with van der Waals surface area (Å²) in [6.07, 6.45) is 1.69. The minimum atomic E-state index is -0.415. The van der Waals surface area contributed by atoms with Crippen LogP contribution in [0.25, 0.3) is 0 Å². The number of nitrogens with two attached hydrogens (primary N) is 1. The predicted molar refractivity (Wildman–Crippen MR) is 56.4 cm³/mol. The Morgan fingerprint density at radius 2 is 2.13 bits per heavy atom. The van der Waals surface area contributed by atoms with Crippen molar-refractivity contribution >= 4 is 5.78 Å². The largest absolute Gasteiger partial charge is 0.324 e. The SMILES string of the molecule is N#CC1(c2ccccc2C(=O)CN)CC1. The lowest BCUT2D eigenvalue weighted by Gasteiger charge is -2.11. The van der Waals surface area contributed by atoms with Gasteiger partial charge >= 0.3 is 0 Å². The van der Waals surface area contributed by atoms with E-state index in [0.717, 1.165) is 18.4 Å². The number of carbonyl (C=O) groups is 1. The lowest BCUT2D eigenvalue weighted by atomic mass is 9.91. The Balaban J connectivity index is 2.49. The first kappa shape index (κ1) is 9.88. The molecule has 1 saturated carbocycles. The van der Waals surface area contributed by atoms with Gasteiger partial charge in [0.15, 0.2) is 5.78 Å². The molecule has 1 aromatic rings. The van der Waals surface area contributed by atoms with Crippen LogP contribution < -0.4 is 5.73 Å². The Morgan fingerprint density at radius 3 is 2.67 bits per heavy atom. The molecule has 3 heteroatoms. The fraction of sp³-hybridized carbons (Fsp3) is 0.333. The van der Waals surface area contributed by atoms with Gasteiger partial charge in [0, 0.05) is 5.56 Å². The molecule has 0 bridgehead atoms. The normalized spacial score (nSPS) is 16.8. The molecule has 0 unspecified atom stereocenters. The first-order chi connectivity index (χ1) is 7.23. The molecular formula is C12H12N2O. The zero-order valence-corrected chi connectivity index (χ0v) is 8.36. The number of Topliss-reactive ketones (excluding diaryl/α,β-unsaturated/α-hetero) is 1. The molecule has 1 aliphatic carbocycles. The van der Waals surface area contributed by atoms with Crippen LogP contribution in [0.5, 0.6) is 0 Å². The average Bonchev–Trinajstić information content (AvgIpc) is 3.09. The molecule has 3 nitrogen and oxygen atoms in total. The summed E-state index contributed by atoms with van der Waals surface area (Å²) in [5, 5.41) is 9.10. The van der Waals surface area contributed by atoms with Crippen molar-refractivity contribution in [2.45, 2.75) is 18.3 Å². The quantitative estimate of drug-likeness (QED) is 0.749. The van der Waals surface area contributed by atoms with E-state index in [2.05, 4.69) is 6.07 Å². The zero-order chi connectivity index (χ0) is 10.9. The monoisotopic (exact) mass is 200 g/mol. The van der Waals surface area contributed by atoms with Gasteiger partial charge in [0.05, 0.1) is 18.0 Å². The summed E-state index contributed by atoms with van der Waals surface area (Å²) in [5.41, 5.74) is 6.39. The molecule has 0 heterocycles. The van der Waals surface area contributed by atoms with E-state index in [1.54, 1.807) is 12.1 Å². The Morgan fingerprint density at radius 1 is 1.47 bits per heavy atom. The molecule has 0 aromatic heterocycles. The van der Waals surface area contributed by atoms with Gasteiger partial charge in [0.2, 0.25) is 0 Å². The molecule has 1 fully saturated rings. The Hall–Kier alpha value is -1.66. The van der Waals surface area contributed by atoms with Gasteiger partial charge in [-0.15, -0.1) is 0 Å². The number of benzene rings is 1. The van der Waals surface area contributed by atoms with Crippen molar-refractivity contribution in [2.75, 3.05) is 6.54 Å². The number of rotatable bonds is 3. The second-order valence-corrected chi connectivity index (χ2v) is 3.87. The highest BCUT2D eigenvalue weighted by atomic mass is 16.1. The third-order valence-corrected chi connectivity index (χ3v) is 2.89. The van der Waals surface area contributed by atoms with Crippen LogP contribution in [-0.2, 0) is 5.41 Å². The first-order valence-corrected chi connectivity index (χ1v) is 4.97. The molecule has 0 radical (unpaired) electrons. The van der Waals surface area contributed by atoms with E-state index in [1.807, 2.05) is 12.1 Å². The maximum atomic E-state index is 11.6. The molecule has 0 aliphatic heterocycles. The van der Waals surface area contributed by atoms with Crippen molar-refractivity contribution in [3.63, 3.8) is 0 Å². The number of nitriles is 1. The second-order valence-electron chi connectivity index (χ2n) is 3.87. The van der Waals surface area contributed by atoms with Gasteiger partial charge in [0.1, 0.15) is 0 Å². The highest BCUT2D eigenvalue weighted by molar-refractivity contribution is 5.99. The third kappa shape index (κ3) is 1.53. The van der Waals surface area contributed by atoms with E-state index in [9.17, 15) is 4.79 Å². The number of ketones is 1. The summed E-state index contributed by atoms with van der Waals surface area (Å²) in [5.74, 6) is -0.0906. The van der Waals surface area contributed by atoms with Crippen LogP contribution in [0.3, 0.4) is 0 Å². The Kier molecular flexibility index (Phi) is 2.29. The molecule has 1 aromatic carbocycles. The van der Waals surface area contributed by atoms with E-state index in [1.165, 1.54) is 0 Å². The van der Waals surface area contributed by atoms with Gasteiger partial charge in [-0.25, -0.2) is 0 Å². The predicted octanol–water partition coefficient (Wildman–Crippen LogP) is 1.38. The van der Waals surface area contributed by atoms with Crippen LogP contribution in [-0.4, -0.2) is 12.3 Å². The van der Waals surface area contributed by atoms with E-state index in [4.69, 9.17) is 11.0 Å². The molecule has 1 aliphatic rings. The minimum absolute atomic E-state index is 0.00147. The van der Waals surface area contributed by atoms with E-state index in [-0.39, 0.29) is 12.3 Å². The molecule has 76 valence electrons. The number of hydrogen-bond acceptors (Lipinski definition) is 3. The van der Waals surface area contributed by atoms with E-state index < -0.39 is 5.41 Å². The van der Waals surface area contributed by atoms with Crippen LogP contribution in [0.4, 0.5) is 0 Å². The van der Waals surface area contributed by atoms with Crippen molar-refractivity contribution in [2.24, 2.45) is 5.73 Å². The smallest absolute Gasteiger partial charge is 0.176 e. The molecule has 0 atom stereocenters. The first-order valence-electron chi connectivity index (χ1n) is 4.97. The van der Waals surface area contributed by atoms with Crippen LogP contribution >= 0.6 is 0 Å². The van der Waals surface area contributed by atoms with Gasteiger partial charge in [0.25, 0.3) is 0 Å². The van der Waals surface area contributed by atoms with Gasteiger partial charge in [-0.3, -0.25) is 4.79 Å². The highest BCUT2D eigenvalue weighted by Gasteiger charge is 2.46. The summed E-state index contributed by atoms with van der Waals surface area (Å²) in [7, 11) is 0. The summed E-state index contributed by atoms with van der Waals surface area (Å²) in [4.78, 5) is 11.6. The fourth-order valence-corrected chi connectivity index (χ4v) is 1.82. The number of nitrogens with zero attached hydrogens (tertiary/aromatic N) is 1. The van der Waals surface area contributed by atoms with Gasteiger partial charge in [-0.05, 0) is 18.4 Å². The van der Waals surface area contributed by atoms with Crippen molar-refractivity contribution in [3.05, 3.63) is 35.4 Å². The van der Waals surface area contributed by atoms with Crippen LogP contribution in [0, 0.1) is 11.3 Å². The van der Waals surface area contributed by atoms with E-state index >= 15 is 0 Å². The topological polar surface area (TPSA) is 66.9 Å². The average molecular weight is 200 g/mol. The van der Waals surface area contributed by atoms with Gasteiger partial charge in [-0.1, -0.05) is 24.3 Å². The number of carbonyl (C=O) groups excluding carboxylic acids is 1. The molecule has 2 N–H and O–H groups in total. The maximum absolute atomic E-state index is 11.6. The van der Waals surface area contributed by atoms with Crippen molar-refractivity contribution in [1.29, 1.82) is 5.26 Å². The van der Waals surface area contributed by atoms with Gasteiger partial charge in [-0.2, -0.15) is 5.26 Å². The Labute approximate surface area is 88.5 Å². The summed E-state index contributed by atoms with van der Waals surface area (Å²) < 4.78 is 0. The zero-order valence-electron chi connectivity index (χ0n) is 8.36. The molecule has 15 heavy (non-hydrogen) atoms. The molecular weight excluding hydrogens is 188 g/mol. The van der Waals surface area contributed by atoms with Crippen LogP contribution in [0.15, 0.2) is 24.3 Å². The standard InChI is InChI=1S/C12H12N2O/c13-7-11(15)9-3-1-2-4-10(9)12(8-14)5-6-12/h1-4H,5-7,13H2. The minimum Gasteiger partial charge on any atom is -0.324 e. The molecule has 0 amide bonds. The molecule has 2 rings (SSSR count). The number of hydrogen-bond donors (Lipinski definition) is 1. The second kappa shape index (κ2) is 3.48. The maximum Gasteiger partial charge on any atom is 0.176 e. The molecule has 0 spiro atoms. The van der Waals surface area contributed by atoms with Crippen LogP contribution in [0.2, 0.25) is 0 Å². The fourth-order valence-electron chi connectivity index (χ4n) is 1.82. The van der Waals surface area contributed by atoms with Crippen molar-refractivity contribution in [3.8, 4) is 6.07 Å². The summed E-state index contributed by atoms with van der Waals surface area (Å²) >= 11 is 0. The summed E-state index contributed by atoms with van der Waals surface area (Å²) in [6, 6.07) is 9.57. The van der Waals surface area contributed by atoms with E-state index in [0.29, 0.717) is 5.56 Å². The van der Waals surface area contributed by atoms with Gasteiger partial charge < -0.3 is 5.73 Å². The van der Waals surface area contributed by atoms with Crippen LogP contribution in [0.1, 0.15) is 28.8 Å². The van der Waals surface area contributed by atoms with Crippen molar-refractivity contribution in [1.82, 2.24) is 0 Å². The lowest BCUT2D eigenvalue weighted by Crippen LogP contribution is -2.18. The molecule has 0 saturated heterocycles. The Bertz CT molecular complexity index is 441. The summed E-state index contributed by atoms with van der Waals surface area (Å²) in [6.45, 7) is -0.00147. The lowest BCUT2D eigenvalue weighted by molar-refractivity contribution is 0.1000. The van der Waals surface area contributed by atoms with Crippen molar-refractivity contribution < 1.29 is 4.79 Å².